The smallest absolute Gasteiger partial charge is 0.315 e. The van der Waals surface area contributed by atoms with Crippen LogP contribution < -0.4 is 4.74 Å². The van der Waals surface area contributed by atoms with Gasteiger partial charge in [-0.2, -0.15) is 0 Å². The second-order valence-electron chi connectivity index (χ2n) is 6.16. The number of pyridine rings is 1. The van der Waals surface area contributed by atoms with Crippen LogP contribution >= 0.6 is 31.9 Å². The number of esters is 1. The topological polar surface area (TPSA) is 52.3 Å². The summed E-state index contributed by atoms with van der Waals surface area (Å²) in [5, 5.41) is 1.83. The molecule has 0 saturated carbocycles. The zero-order valence-corrected chi connectivity index (χ0v) is 17.6. The van der Waals surface area contributed by atoms with Gasteiger partial charge >= 0.3 is 5.97 Å². The van der Waals surface area contributed by atoms with E-state index in [9.17, 15) is 4.79 Å². The van der Waals surface area contributed by atoms with E-state index in [-0.39, 0.29) is 12.4 Å². The van der Waals surface area contributed by atoms with Crippen molar-refractivity contribution in [1.29, 1.82) is 0 Å². The van der Waals surface area contributed by atoms with Gasteiger partial charge in [-0.1, -0.05) is 35.0 Å². The summed E-state index contributed by atoms with van der Waals surface area (Å²) in [6, 6.07) is 11.7. The molecular formula is C21H15Br2NO3. The summed E-state index contributed by atoms with van der Waals surface area (Å²) in [4.78, 5) is 17.0. The maximum absolute atomic E-state index is 12.6. The predicted octanol–water partition coefficient (Wildman–Crippen LogP) is 6.22. The van der Waals surface area contributed by atoms with Crippen LogP contribution in [0, 0.1) is 0 Å². The number of aryl methyl sites for hydroxylation is 1. The standard InChI is InChI=1S/C21H15Br2NO3/c1-2-12-5-6-18-15(8-12)13(11-26-18)9-19(25)27-21-17(23)10-16(22)14-4-3-7-24-20(14)21/h3-8,10-11H,2,9H2,1H3. The van der Waals surface area contributed by atoms with Crippen molar-refractivity contribution in [2.45, 2.75) is 19.8 Å². The summed E-state index contributed by atoms with van der Waals surface area (Å²) in [7, 11) is 0. The molecule has 0 aliphatic rings. The first kappa shape index (κ1) is 18.2. The number of carbonyl (C=O) groups is 1. The normalized spacial score (nSPS) is 11.2. The highest BCUT2D eigenvalue weighted by atomic mass is 79.9. The second kappa shape index (κ2) is 7.44. The van der Waals surface area contributed by atoms with Crippen molar-refractivity contribution in [3.63, 3.8) is 0 Å². The van der Waals surface area contributed by atoms with E-state index in [1.165, 1.54) is 5.56 Å². The van der Waals surface area contributed by atoms with Gasteiger partial charge in [-0.3, -0.25) is 9.78 Å². The molecule has 2 aromatic carbocycles. The van der Waals surface area contributed by atoms with E-state index in [4.69, 9.17) is 9.15 Å². The number of ether oxygens (including phenoxy) is 1. The molecule has 0 saturated heterocycles. The van der Waals surface area contributed by atoms with Crippen LogP contribution in [0.15, 0.2) is 62.2 Å². The molecule has 2 aromatic heterocycles. The first-order chi connectivity index (χ1) is 13.1. The lowest BCUT2D eigenvalue weighted by Gasteiger charge is -2.10. The highest BCUT2D eigenvalue weighted by Gasteiger charge is 2.17. The molecule has 0 fully saturated rings. The molecule has 0 spiro atoms. The Labute approximate surface area is 172 Å². The summed E-state index contributed by atoms with van der Waals surface area (Å²) in [6.07, 6.45) is 4.35. The van der Waals surface area contributed by atoms with E-state index < -0.39 is 0 Å². The molecule has 0 bridgehead atoms. The fourth-order valence-corrected chi connectivity index (χ4v) is 4.39. The Morgan fingerprint density at radius 3 is 2.81 bits per heavy atom. The van der Waals surface area contributed by atoms with Gasteiger partial charge in [0.2, 0.25) is 0 Å². The molecule has 0 unspecified atom stereocenters. The third-order valence-corrected chi connectivity index (χ3v) is 5.67. The first-order valence-corrected chi connectivity index (χ1v) is 10.1. The van der Waals surface area contributed by atoms with E-state index in [1.54, 1.807) is 12.5 Å². The van der Waals surface area contributed by atoms with Crippen molar-refractivity contribution in [3.8, 4) is 5.75 Å². The van der Waals surface area contributed by atoms with Gasteiger partial charge in [0.15, 0.2) is 5.75 Å². The third-order valence-electron chi connectivity index (χ3n) is 4.43. The number of furan rings is 1. The Morgan fingerprint density at radius 2 is 2.00 bits per heavy atom. The average Bonchev–Trinajstić information content (AvgIpc) is 3.07. The summed E-state index contributed by atoms with van der Waals surface area (Å²) in [6.45, 7) is 2.10. The molecule has 0 atom stereocenters. The zero-order valence-electron chi connectivity index (χ0n) is 14.5. The van der Waals surface area contributed by atoms with E-state index in [2.05, 4.69) is 49.8 Å². The molecular weight excluding hydrogens is 474 g/mol. The lowest BCUT2D eigenvalue weighted by molar-refractivity contribution is -0.133. The number of aromatic nitrogens is 1. The minimum atomic E-state index is -0.366. The number of nitrogens with zero attached hydrogens (tertiary/aromatic N) is 1. The number of benzene rings is 2. The Kier molecular flexibility index (Phi) is 5.02. The number of hydrogen-bond donors (Lipinski definition) is 0. The zero-order chi connectivity index (χ0) is 19.0. The third kappa shape index (κ3) is 3.51. The number of hydrogen-bond acceptors (Lipinski definition) is 4. The van der Waals surface area contributed by atoms with Crippen LogP contribution in [0.2, 0.25) is 0 Å². The van der Waals surface area contributed by atoms with Crippen molar-refractivity contribution in [3.05, 3.63) is 68.9 Å². The Balaban J connectivity index is 1.65. The molecule has 0 aliphatic heterocycles. The summed E-state index contributed by atoms with van der Waals surface area (Å²) in [5.74, 6) is 0.0513. The lowest BCUT2D eigenvalue weighted by atomic mass is 10.1. The van der Waals surface area contributed by atoms with Gasteiger partial charge in [-0.25, -0.2) is 0 Å². The molecule has 4 aromatic rings. The van der Waals surface area contributed by atoms with Crippen LogP contribution in [0.5, 0.6) is 5.75 Å². The molecule has 0 N–H and O–H groups in total. The monoisotopic (exact) mass is 487 g/mol. The van der Waals surface area contributed by atoms with Gasteiger partial charge in [0.25, 0.3) is 0 Å². The van der Waals surface area contributed by atoms with Gasteiger partial charge in [-0.05, 0) is 52.2 Å². The maximum atomic E-state index is 12.6. The number of halogens is 2. The second-order valence-corrected chi connectivity index (χ2v) is 7.87. The van der Waals surface area contributed by atoms with E-state index in [0.717, 1.165) is 32.8 Å². The molecule has 0 radical (unpaired) electrons. The highest BCUT2D eigenvalue weighted by Crippen LogP contribution is 2.37. The Bertz CT molecular complexity index is 1170. The molecule has 136 valence electrons. The molecule has 27 heavy (non-hydrogen) atoms. The van der Waals surface area contributed by atoms with E-state index in [1.807, 2.05) is 30.3 Å². The van der Waals surface area contributed by atoms with Crippen molar-refractivity contribution in [2.24, 2.45) is 0 Å². The quantitative estimate of drug-likeness (QED) is 0.253. The van der Waals surface area contributed by atoms with Gasteiger partial charge in [0, 0.05) is 27.0 Å². The van der Waals surface area contributed by atoms with Crippen LogP contribution in [-0.4, -0.2) is 11.0 Å². The minimum Gasteiger partial charge on any atom is -0.464 e. The number of carbonyl (C=O) groups excluding carboxylic acids is 1. The van der Waals surface area contributed by atoms with Crippen molar-refractivity contribution >= 4 is 59.7 Å². The van der Waals surface area contributed by atoms with Crippen molar-refractivity contribution < 1.29 is 13.9 Å². The van der Waals surface area contributed by atoms with Gasteiger partial charge in [0.05, 0.1) is 17.2 Å². The molecule has 0 aliphatic carbocycles. The molecule has 2 heterocycles. The molecule has 0 amide bonds. The van der Waals surface area contributed by atoms with Crippen molar-refractivity contribution in [2.75, 3.05) is 0 Å². The van der Waals surface area contributed by atoms with Crippen LogP contribution in [0.3, 0.4) is 0 Å². The fourth-order valence-electron chi connectivity index (χ4n) is 3.03. The van der Waals surface area contributed by atoms with Gasteiger partial charge in [-0.15, -0.1) is 0 Å². The predicted molar refractivity (Wildman–Crippen MR) is 112 cm³/mol. The minimum absolute atomic E-state index is 0.122. The summed E-state index contributed by atoms with van der Waals surface area (Å²) in [5.41, 5.74) is 3.41. The Hall–Kier alpha value is -2.18. The highest BCUT2D eigenvalue weighted by molar-refractivity contribution is 9.11. The fraction of sp³-hybridized carbons (Fsp3) is 0.143. The number of rotatable bonds is 4. The number of fused-ring (bicyclic) bond motifs is 2. The van der Waals surface area contributed by atoms with Crippen LogP contribution in [-0.2, 0) is 17.6 Å². The van der Waals surface area contributed by atoms with E-state index in [0.29, 0.717) is 15.7 Å². The lowest BCUT2D eigenvalue weighted by Crippen LogP contribution is -2.12. The average molecular weight is 489 g/mol. The SMILES string of the molecule is CCc1ccc2occ(CC(=O)Oc3c(Br)cc(Br)c4cccnc34)c2c1. The molecule has 4 rings (SSSR count). The summed E-state index contributed by atoms with van der Waals surface area (Å²) < 4.78 is 12.8. The largest absolute Gasteiger partial charge is 0.464 e. The van der Waals surface area contributed by atoms with Crippen LogP contribution in [0.4, 0.5) is 0 Å². The first-order valence-electron chi connectivity index (χ1n) is 8.49. The van der Waals surface area contributed by atoms with E-state index >= 15 is 0 Å². The Morgan fingerprint density at radius 1 is 1.15 bits per heavy atom. The van der Waals surface area contributed by atoms with Gasteiger partial charge in [0.1, 0.15) is 11.1 Å². The van der Waals surface area contributed by atoms with Crippen LogP contribution in [0.1, 0.15) is 18.1 Å². The molecule has 6 heteroatoms. The maximum Gasteiger partial charge on any atom is 0.315 e. The van der Waals surface area contributed by atoms with Gasteiger partial charge < -0.3 is 9.15 Å². The summed E-state index contributed by atoms with van der Waals surface area (Å²) >= 11 is 6.98. The van der Waals surface area contributed by atoms with Crippen LogP contribution in [0.25, 0.3) is 21.9 Å². The van der Waals surface area contributed by atoms with Crippen molar-refractivity contribution in [1.82, 2.24) is 4.98 Å². The molecule has 4 nitrogen and oxygen atoms in total.